The molecule has 0 amide bonds. The van der Waals surface area contributed by atoms with Crippen LogP contribution >= 0.6 is 0 Å². The van der Waals surface area contributed by atoms with E-state index in [0.29, 0.717) is 47.3 Å². The lowest BCUT2D eigenvalue weighted by molar-refractivity contribution is 0.101. The van der Waals surface area contributed by atoms with Gasteiger partial charge in [-0.1, -0.05) is 0 Å². The summed E-state index contributed by atoms with van der Waals surface area (Å²) in [6.07, 6.45) is 12.2. The zero-order chi connectivity index (χ0) is 27.6. The van der Waals surface area contributed by atoms with Crippen molar-refractivity contribution in [2.24, 2.45) is 11.8 Å². The molecule has 0 atom stereocenters. The second kappa shape index (κ2) is 11.4. The van der Waals surface area contributed by atoms with E-state index in [1.54, 1.807) is 25.4 Å². The summed E-state index contributed by atoms with van der Waals surface area (Å²) in [5.41, 5.74) is 1.80. The van der Waals surface area contributed by atoms with Crippen LogP contribution in [0.25, 0.3) is 11.4 Å². The molecule has 2 fully saturated rings. The highest BCUT2D eigenvalue weighted by molar-refractivity contribution is 7.90. The van der Waals surface area contributed by atoms with Crippen LogP contribution in [0.1, 0.15) is 55.8 Å². The summed E-state index contributed by atoms with van der Waals surface area (Å²) in [6, 6.07) is 3.53. The van der Waals surface area contributed by atoms with E-state index in [2.05, 4.69) is 49.7 Å². The maximum absolute atomic E-state index is 12.5. The van der Waals surface area contributed by atoms with Crippen molar-refractivity contribution in [2.45, 2.75) is 50.7 Å². The summed E-state index contributed by atoms with van der Waals surface area (Å²) in [5.74, 6) is 2.66. The minimum atomic E-state index is -3.46. The molecule has 2 N–H and O–H groups in total. The van der Waals surface area contributed by atoms with E-state index in [4.69, 9.17) is 0 Å². The van der Waals surface area contributed by atoms with Crippen molar-refractivity contribution in [1.29, 1.82) is 0 Å². The topological polar surface area (TPSA) is 135 Å². The van der Waals surface area contributed by atoms with Gasteiger partial charge in [0.2, 0.25) is 0 Å². The number of Topliss-reactive ketones (excluding diaryl/α,β-unsaturated/α-hetero) is 1. The summed E-state index contributed by atoms with van der Waals surface area (Å²) >= 11 is 0. The number of nitrogens with zero attached hydrogens (tertiary/aromatic N) is 6. The van der Waals surface area contributed by atoms with Crippen molar-refractivity contribution in [3.05, 3.63) is 42.5 Å². The van der Waals surface area contributed by atoms with E-state index in [1.807, 2.05) is 6.07 Å². The molecule has 39 heavy (non-hydrogen) atoms. The third-order valence-electron chi connectivity index (χ3n) is 7.39. The first kappa shape index (κ1) is 27.2. The van der Waals surface area contributed by atoms with E-state index >= 15 is 0 Å². The Morgan fingerprint density at radius 2 is 1.79 bits per heavy atom. The quantitative estimate of drug-likeness (QED) is 0.338. The predicted molar refractivity (Wildman–Crippen MR) is 151 cm³/mol. The Bertz CT molecular complexity index is 1430. The van der Waals surface area contributed by atoms with Crippen LogP contribution in [0.3, 0.4) is 0 Å². The van der Waals surface area contributed by atoms with E-state index in [0.717, 1.165) is 28.8 Å². The zero-order valence-electron chi connectivity index (χ0n) is 22.7. The Labute approximate surface area is 229 Å². The van der Waals surface area contributed by atoms with E-state index < -0.39 is 10.0 Å². The molecule has 0 radical (unpaired) electrons. The van der Waals surface area contributed by atoms with E-state index in [9.17, 15) is 13.2 Å². The molecule has 12 heteroatoms. The number of aromatic nitrogens is 5. The Kier molecular flexibility index (Phi) is 7.94. The Morgan fingerprint density at radius 1 is 1.05 bits per heavy atom. The van der Waals surface area contributed by atoms with Crippen LogP contribution < -0.4 is 10.6 Å². The Balaban J connectivity index is 1.26. The molecule has 3 heterocycles. The zero-order valence-corrected chi connectivity index (χ0v) is 23.5. The maximum atomic E-state index is 12.5. The number of anilines is 3. The van der Waals surface area contributed by atoms with Gasteiger partial charge in [0.05, 0.1) is 34.5 Å². The molecule has 0 aliphatic heterocycles. The summed E-state index contributed by atoms with van der Waals surface area (Å²) in [7, 11) is 0.798. The third-order valence-corrected chi connectivity index (χ3v) is 9.43. The number of nitrogens with one attached hydrogen (secondary N) is 2. The van der Waals surface area contributed by atoms with Crippen LogP contribution in [-0.4, -0.2) is 75.7 Å². The van der Waals surface area contributed by atoms with Crippen molar-refractivity contribution >= 4 is 33.1 Å². The van der Waals surface area contributed by atoms with Crippen LogP contribution in [0, 0.1) is 11.8 Å². The second-order valence-corrected chi connectivity index (χ2v) is 13.0. The van der Waals surface area contributed by atoms with E-state index in [1.165, 1.54) is 38.1 Å². The molecule has 0 aromatic carbocycles. The Morgan fingerprint density at radius 3 is 2.49 bits per heavy atom. The molecule has 208 valence electrons. The molecule has 0 saturated heterocycles. The van der Waals surface area contributed by atoms with Gasteiger partial charge in [-0.3, -0.25) is 4.79 Å². The molecular weight excluding hydrogens is 516 g/mol. The minimum absolute atomic E-state index is 0.0475. The fraction of sp³-hybridized carbons (Fsp3) is 0.519. The van der Waals surface area contributed by atoms with Gasteiger partial charge in [-0.15, -0.1) is 0 Å². The largest absolute Gasteiger partial charge is 0.384 e. The lowest BCUT2D eigenvalue weighted by atomic mass is 9.81. The summed E-state index contributed by atoms with van der Waals surface area (Å²) in [4.78, 5) is 27.8. The average molecular weight is 553 g/mol. The van der Waals surface area contributed by atoms with Crippen molar-refractivity contribution in [3.63, 3.8) is 0 Å². The molecular formula is C27H36N8O3S. The molecule has 11 nitrogen and oxygen atoms in total. The fourth-order valence-electron chi connectivity index (χ4n) is 5.12. The highest BCUT2D eigenvalue weighted by Crippen LogP contribution is 2.31. The number of rotatable bonds is 11. The van der Waals surface area contributed by atoms with E-state index in [-0.39, 0.29) is 11.0 Å². The van der Waals surface area contributed by atoms with Gasteiger partial charge in [-0.2, -0.15) is 9.19 Å². The average Bonchev–Trinajstić information content (AvgIpc) is 3.65. The van der Waals surface area contributed by atoms with Gasteiger partial charge >= 0.3 is 0 Å². The molecule has 2 aliphatic carbocycles. The van der Waals surface area contributed by atoms with Gasteiger partial charge in [-0.05, 0) is 77.4 Å². The number of carbonyl (C=O) groups excluding carboxylic acids is 1. The maximum Gasteiger partial charge on any atom is 0.256 e. The molecule has 5 rings (SSSR count). The molecule has 2 aliphatic rings. The monoisotopic (exact) mass is 552 g/mol. The third kappa shape index (κ3) is 6.62. The predicted octanol–water partition coefficient (Wildman–Crippen LogP) is 3.80. The van der Waals surface area contributed by atoms with Crippen molar-refractivity contribution < 1.29 is 13.2 Å². The number of carbonyl (C=O) groups is 1. The molecule has 2 saturated carbocycles. The van der Waals surface area contributed by atoms with Crippen LogP contribution in [0.15, 0.2) is 36.9 Å². The molecule has 0 spiro atoms. The smallest absolute Gasteiger partial charge is 0.256 e. The number of hydrogen-bond acceptors (Lipinski definition) is 10. The molecule has 0 bridgehead atoms. The van der Waals surface area contributed by atoms with Crippen LogP contribution in [0.4, 0.5) is 17.3 Å². The first-order chi connectivity index (χ1) is 18.7. The summed E-state index contributed by atoms with van der Waals surface area (Å²) in [6.45, 7) is 3.49. The van der Waals surface area contributed by atoms with Gasteiger partial charge in [-0.25, -0.2) is 23.4 Å². The highest BCUT2D eigenvalue weighted by atomic mass is 32.2. The van der Waals surface area contributed by atoms with Crippen molar-refractivity contribution in [3.8, 4) is 11.4 Å². The summed E-state index contributed by atoms with van der Waals surface area (Å²) in [5, 5.41) is 10.4. The van der Waals surface area contributed by atoms with Gasteiger partial charge in [0, 0.05) is 31.5 Å². The lowest BCUT2D eigenvalue weighted by Crippen LogP contribution is -2.28. The van der Waals surface area contributed by atoms with Crippen molar-refractivity contribution in [2.75, 3.05) is 37.8 Å². The summed E-state index contributed by atoms with van der Waals surface area (Å²) < 4.78 is 25.9. The van der Waals surface area contributed by atoms with Gasteiger partial charge in [0.15, 0.2) is 11.6 Å². The van der Waals surface area contributed by atoms with Gasteiger partial charge in [0.1, 0.15) is 11.6 Å². The molecule has 0 unspecified atom stereocenters. The fourth-order valence-corrected chi connectivity index (χ4v) is 6.59. The van der Waals surface area contributed by atoms with Gasteiger partial charge < -0.3 is 15.5 Å². The standard InChI is InChI=1S/C27H36N8O3S/c1-18(36)23-15-30-26(12-24(23)29-13-19-4-6-20(7-5-19)16-34(2)3)32-25-10-11-28-27(33-25)21-14-31-35(17-21)39(37,38)22-8-9-22/h10-12,14-15,17,19-20,22H,4-9,13,16H2,1-3H3,(H2,28,29,30,32,33). The van der Waals surface area contributed by atoms with Crippen LogP contribution in [0.2, 0.25) is 0 Å². The van der Waals surface area contributed by atoms with Gasteiger partial charge in [0.25, 0.3) is 10.0 Å². The molecule has 3 aromatic rings. The van der Waals surface area contributed by atoms with Crippen LogP contribution in [-0.2, 0) is 10.0 Å². The van der Waals surface area contributed by atoms with Crippen LogP contribution in [0.5, 0.6) is 0 Å². The molecule has 3 aromatic heterocycles. The minimum Gasteiger partial charge on any atom is -0.384 e. The number of ketones is 1. The number of hydrogen-bond donors (Lipinski definition) is 2. The SMILES string of the molecule is CC(=O)c1cnc(Nc2ccnc(-c3cnn(S(=O)(=O)C4CC4)c3)n2)cc1NCC1CCC(CN(C)C)CC1. The second-order valence-electron chi connectivity index (χ2n) is 10.9. The Hall–Kier alpha value is -3.38. The number of pyridine rings is 1. The lowest BCUT2D eigenvalue weighted by Gasteiger charge is -2.30. The first-order valence-electron chi connectivity index (χ1n) is 13.5. The normalized spacial score (nSPS) is 19.7. The highest BCUT2D eigenvalue weighted by Gasteiger charge is 2.37. The first-order valence-corrected chi connectivity index (χ1v) is 15.0. The van der Waals surface area contributed by atoms with Crippen molar-refractivity contribution in [1.82, 2.24) is 29.0 Å².